The van der Waals surface area contributed by atoms with Crippen LogP contribution in [-0.4, -0.2) is 26.2 Å². The second kappa shape index (κ2) is 7.14. The van der Waals surface area contributed by atoms with Gasteiger partial charge in [0.2, 0.25) is 5.91 Å². The number of amides is 1. The number of methoxy groups -OCH3 is 1. The molecule has 94 valence electrons. The van der Waals surface area contributed by atoms with Crippen LogP contribution in [-0.2, 0) is 9.53 Å². The number of halogens is 1. The maximum absolute atomic E-state index is 11.4. The summed E-state index contributed by atoms with van der Waals surface area (Å²) in [6, 6.07) is 5.06. The number of carbonyl (C=O) groups is 1. The van der Waals surface area contributed by atoms with E-state index in [1.807, 2.05) is 6.92 Å². The average molecular weight is 258 g/mol. The molecule has 0 aliphatic rings. The molecule has 0 unspecified atom stereocenters. The van der Waals surface area contributed by atoms with Crippen molar-refractivity contribution in [2.24, 2.45) is 0 Å². The van der Waals surface area contributed by atoms with Gasteiger partial charge >= 0.3 is 0 Å². The van der Waals surface area contributed by atoms with E-state index in [0.29, 0.717) is 23.1 Å². The van der Waals surface area contributed by atoms with Crippen molar-refractivity contribution >= 4 is 23.2 Å². The van der Waals surface area contributed by atoms with E-state index >= 15 is 0 Å². The number of carbonyl (C=O) groups excluding carboxylic acids is 1. The molecule has 1 rings (SSSR count). The lowest BCUT2D eigenvalue weighted by atomic mass is 10.3. The Morgan fingerprint density at radius 2 is 2.24 bits per heavy atom. The number of nitrogens with one attached hydrogen (secondary N) is 1. The summed E-state index contributed by atoms with van der Waals surface area (Å²) in [5, 5.41) is 3.15. The first-order valence-corrected chi connectivity index (χ1v) is 5.76. The normalized spacial score (nSPS) is 10.1. The van der Waals surface area contributed by atoms with Crippen LogP contribution in [0.2, 0.25) is 5.02 Å². The van der Waals surface area contributed by atoms with Crippen LogP contribution >= 0.6 is 11.6 Å². The van der Waals surface area contributed by atoms with E-state index in [9.17, 15) is 4.79 Å². The fraction of sp³-hybridized carbons (Fsp3) is 0.417. The molecule has 0 atom stereocenters. The summed E-state index contributed by atoms with van der Waals surface area (Å²) in [6.07, 6.45) is 0.891. The van der Waals surface area contributed by atoms with Crippen LogP contribution in [0.4, 0.5) is 5.69 Å². The highest BCUT2D eigenvalue weighted by molar-refractivity contribution is 6.32. The van der Waals surface area contributed by atoms with E-state index < -0.39 is 0 Å². The molecule has 0 fully saturated rings. The molecule has 0 bridgehead atoms. The van der Waals surface area contributed by atoms with Crippen LogP contribution in [0.5, 0.6) is 5.75 Å². The lowest BCUT2D eigenvalue weighted by molar-refractivity contribution is -0.120. The number of anilines is 1. The van der Waals surface area contributed by atoms with Crippen molar-refractivity contribution in [3.8, 4) is 5.75 Å². The van der Waals surface area contributed by atoms with Crippen molar-refractivity contribution < 1.29 is 14.3 Å². The van der Waals surface area contributed by atoms with Crippen molar-refractivity contribution in [1.82, 2.24) is 0 Å². The largest absolute Gasteiger partial charge is 0.495 e. The van der Waals surface area contributed by atoms with Gasteiger partial charge in [-0.05, 0) is 24.6 Å². The summed E-state index contributed by atoms with van der Waals surface area (Å²) in [5.41, 5.74) is 0.626. The second-order valence-electron chi connectivity index (χ2n) is 3.45. The minimum absolute atomic E-state index is 0.0531. The van der Waals surface area contributed by atoms with Gasteiger partial charge in [0.1, 0.15) is 12.4 Å². The number of rotatable bonds is 6. The molecular weight excluding hydrogens is 242 g/mol. The molecule has 0 aliphatic carbocycles. The van der Waals surface area contributed by atoms with Crippen molar-refractivity contribution in [3.63, 3.8) is 0 Å². The molecule has 1 aromatic carbocycles. The third-order valence-electron chi connectivity index (χ3n) is 2.02. The van der Waals surface area contributed by atoms with Crippen LogP contribution in [0.25, 0.3) is 0 Å². The molecule has 0 saturated carbocycles. The zero-order valence-electron chi connectivity index (χ0n) is 9.96. The number of hydrogen-bond donors (Lipinski definition) is 1. The van der Waals surface area contributed by atoms with Gasteiger partial charge in [-0.25, -0.2) is 0 Å². The van der Waals surface area contributed by atoms with Crippen molar-refractivity contribution in [1.29, 1.82) is 0 Å². The molecule has 0 radical (unpaired) electrons. The number of ether oxygens (including phenoxy) is 2. The predicted octanol–water partition coefficient (Wildman–Crippen LogP) is 2.71. The van der Waals surface area contributed by atoms with E-state index in [4.69, 9.17) is 21.1 Å². The highest BCUT2D eigenvalue weighted by Gasteiger charge is 2.05. The molecule has 0 aliphatic heterocycles. The fourth-order valence-corrected chi connectivity index (χ4v) is 1.51. The van der Waals surface area contributed by atoms with Crippen molar-refractivity contribution in [2.45, 2.75) is 13.3 Å². The Morgan fingerprint density at radius 1 is 1.47 bits per heavy atom. The number of hydrogen-bond acceptors (Lipinski definition) is 3. The van der Waals surface area contributed by atoms with Crippen LogP contribution in [0.3, 0.4) is 0 Å². The van der Waals surface area contributed by atoms with E-state index in [1.165, 1.54) is 7.11 Å². The third kappa shape index (κ3) is 4.63. The van der Waals surface area contributed by atoms with Crippen molar-refractivity contribution in [3.05, 3.63) is 23.2 Å². The average Bonchev–Trinajstić information content (AvgIpc) is 2.29. The van der Waals surface area contributed by atoms with E-state index in [0.717, 1.165) is 6.42 Å². The molecular formula is C12H16ClNO3. The zero-order chi connectivity index (χ0) is 12.7. The van der Waals surface area contributed by atoms with Gasteiger partial charge < -0.3 is 14.8 Å². The summed E-state index contributed by atoms with van der Waals surface area (Å²) >= 11 is 5.93. The Hall–Kier alpha value is -1.26. The second-order valence-corrected chi connectivity index (χ2v) is 3.86. The van der Waals surface area contributed by atoms with Crippen LogP contribution in [0, 0.1) is 0 Å². The highest BCUT2D eigenvalue weighted by Crippen LogP contribution is 2.27. The topological polar surface area (TPSA) is 47.6 Å². The van der Waals surface area contributed by atoms with E-state index in [2.05, 4.69) is 5.32 Å². The smallest absolute Gasteiger partial charge is 0.250 e. The molecule has 1 N–H and O–H groups in total. The maximum atomic E-state index is 11.4. The first kappa shape index (κ1) is 13.8. The minimum atomic E-state index is -0.195. The fourth-order valence-electron chi connectivity index (χ4n) is 1.25. The highest BCUT2D eigenvalue weighted by atomic mass is 35.5. The van der Waals surface area contributed by atoms with Crippen LogP contribution < -0.4 is 10.1 Å². The lowest BCUT2D eigenvalue weighted by Crippen LogP contribution is -2.18. The molecule has 0 saturated heterocycles. The van der Waals surface area contributed by atoms with Gasteiger partial charge in [-0.3, -0.25) is 4.79 Å². The van der Waals surface area contributed by atoms with Gasteiger partial charge in [0.25, 0.3) is 0 Å². The Labute approximate surface area is 106 Å². The Bertz CT molecular complexity index is 382. The van der Waals surface area contributed by atoms with Crippen molar-refractivity contribution in [2.75, 3.05) is 25.6 Å². The summed E-state index contributed by atoms with van der Waals surface area (Å²) in [4.78, 5) is 11.4. The maximum Gasteiger partial charge on any atom is 0.250 e. The van der Waals surface area contributed by atoms with Crippen LogP contribution in [0.1, 0.15) is 13.3 Å². The molecule has 0 aromatic heterocycles. The molecule has 17 heavy (non-hydrogen) atoms. The van der Waals surface area contributed by atoms with Gasteiger partial charge in [-0.2, -0.15) is 0 Å². The molecule has 0 spiro atoms. The van der Waals surface area contributed by atoms with E-state index in [-0.39, 0.29) is 12.5 Å². The Morgan fingerprint density at radius 3 is 2.82 bits per heavy atom. The standard InChI is InChI=1S/C12H16ClNO3/c1-3-6-17-8-12(15)14-9-4-5-11(16-2)10(13)7-9/h4-5,7H,3,6,8H2,1-2H3,(H,14,15). The van der Waals surface area contributed by atoms with Gasteiger partial charge in [-0.1, -0.05) is 18.5 Å². The predicted molar refractivity (Wildman–Crippen MR) is 67.7 cm³/mol. The number of benzene rings is 1. The molecule has 1 amide bonds. The monoisotopic (exact) mass is 257 g/mol. The Balaban J connectivity index is 2.51. The lowest BCUT2D eigenvalue weighted by Gasteiger charge is -2.08. The summed E-state index contributed by atoms with van der Waals surface area (Å²) in [6.45, 7) is 2.62. The quantitative estimate of drug-likeness (QED) is 0.797. The molecule has 5 heteroatoms. The summed E-state index contributed by atoms with van der Waals surface area (Å²) in [7, 11) is 1.54. The van der Waals surface area contributed by atoms with E-state index in [1.54, 1.807) is 18.2 Å². The summed E-state index contributed by atoms with van der Waals surface area (Å²) in [5.74, 6) is 0.381. The van der Waals surface area contributed by atoms with Gasteiger partial charge in [0.05, 0.1) is 12.1 Å². The molecule has 0 heterocycles. The SMILES string of the molecule is CCCOCC(=O)Nc1ccc(OC)c(Cl)c1. The van der Waals surface area contributed by atoms with Gasteiger partial charge in [-0.15, -0.1) is 0 Å². The Kier molecular flexibility index (Phi) is 5.80. The minimum Gasteiger partial charge on any atom is -0.495 e. The van der Waals surface area contributed by atoms with Gasteiger partial charge in [0, 0.05) is 12.3 Å². The molecule has 1 aromatic rings. The zero-order valence-corrected chi connectivity index (χ0v) is 10.7. The third-order valence-corrected chi connectivity index (χ3v) is 2.31. The first-order valence-electron chi connectivity index (χ1n) is 5.38. The van der Waals surface area contributed by atoms with Gasteiger partial charge in [0.15, 0.2) is 0 Å². The summed E-state index contributed by atoms with van der Waals surface area (Å²) < 4.78 is 10.1. The molecule has 4 nitrogen and oxygen atoms in total. The van der Waals surface area contributed by atoms with Crippen LogP contribution in [0.15, 0.2) is 18.2 Å². The first-order chi connectivity index (χ1) is 8.17.